The number of aromatic amines is 1. The largest absolute Gasteiger partial charge is 0.353 e. The predicted octanol–water partition coefficient (Wildman–Crippen LogP) is 1.56. The molecular formula is C15H16N6. The van der Waals surface area contributed by atoms with Gasteiger partial charge in [-0.1, -0.05) is 0 Å². The fraction of sp³-hybridized carbons (Fsp3) is 0.467. The Morgan fingerprint density at radius 3 is 3.10 bits per heavy atom. The minimum absolute atomic E-state index is 0.133. The van der Waals surface area contributed by atoms with E-state index >= 15 is 0 Å². The number of aromatic nitrogens is 4. The lowest BCUT2D eigenvalue weighted by atomic mass is 9.77. The zero-order chi connectivity index (χ0) is 14.3. The van der Waals surface area contributed by atoms with Gasteiger partial charge in [0, 0.05) is 36.6 Å². The molecule has 6 heteroatoms. The average molecular weight is 280 g/mol. The molecular weight excluding hydrogens is 264 g/mol. The molecule has 1 saturated heterocycles. The summed E-state index contributed by atoms with van der Waals surface area (Å²) in [7, 11) is 0. The van der Waals surface area contributed by atoms with Gasteiger partial charge in [-0.05, 0) is 31.2 Å². The van der Waals surface area contributed by atoms with Crippen molar-refractivity contribution in [1.29, 1.82) is 5.26 Å². The van der Waals surface area contributed by atoms with Gasteiger partial charge in [-0.2, -0.15) is 10.4 Å². The zero-order valence-electron chi connectivity index (χ0n) is 11.7. The molecule has 3 heterocycles. The molecule has 0 aromatic carbocycles. The fourth-order valence-corrected chi connectivity index (χ4v) is 3.82. The molecule has 2 aromatic heterocycles. The highest BCUT2D eigenvalue weighted by Gasteiger charge is 2.44. The Morgan fingerprint density at radius 1 is 1.29 bits per heavy atom. The van der Waals surface area contributed by atoms with Crippen molar-refractivity contribution in [2.75, 3.05) is 18.0 Å². The number of fused-ring (bicyclic) bond motifs is 2. The standard InChI is InChI=1S/C15H16N6/c16-8-12-14(18-6-5-17-12)21-7-1-3-15(10-21)4-2-11-9-19-20-13(11)15/h5-6,9H,1-4,7,10H2,(H,19,20). The van der Waals surface area contributed by atoms with E-state index in [2.05, 4.69) is 31.1 Å². The third-order valence-electron chi connectivity index (χ3n) is 4.78. The van der Waals surface area contributed by atoms with Crippen molar-refractivity contribution in [2.45, 2.75) is 31.1 Å². The van der Waals surface area contributed by atoms with Crippen LogP contribution in [0, 0.1) is 11.3 Å². The molecule has 0 bridgehead atoms. The van der Waals surface area contributed by atoms with Gasteiger partial charge in [0.25, 0.3) is 0 Å². The molecule has 1 aliphatic heterocycles. The van der Waals surface area contributed by atoms with E-state index in [1.54, 1.807) is 12.4 Å². The molecule has 106 valence electrons. The molecule has 1 unspecified atom stereocenters. The lowest BCUT2D eigenvalue weighted by molar-refractivity contribution is 0.331. The molecule has 2 aromatic rings. The summed E-state index contributed by atoms with van der Waals surface area (Å²) in [5.74, 6) is 0.715. The van der Waals surface area contributed by atoms with E-state index in [1.807, 2.05) is 6.20 Å². The summed E-state index contributed by atoms with van der Waals surface area (Å²) in [6, 6.07) is 2.15. The Hall–Kier alpha value is -2.42. The van der Waals surface area contributed by atoms with Crippen LogP contribution in [-0.4, -0.2) is 33.3 Å². The molecule has 1 fully saturated rings. The number of hydrogen-bond donors (Lipinski definition) is 1. The van der Waals surface area contributed by atoms with Crippen LogP contribution >= 0.6 is 0 Å². The van der Waals surface area contributed by atoms with E-state index in [1.165, 1.54) is 17.7 Å². The van der Waals surface area contributed by atoms with Crippen LogP contribution in [0.2, 0.25) is 0 Å². The minimum Gasteiger partial charge on any atom is -0.353 e. The van der Waals surface area contributed by atoms with Crippen LogP contribution < -0.4 is 4.90 Å². The van der Waals surface area contributed by atoms with Crippen LogP contribution in [0.1, 0.15) is 36.2 Å². The van der Waals surface area contributed by atoms with Crippen LogP contribution in [0.15, 0.2) is 18.6 Å². The van der Waals surface area contributed by atoms with Crippen molar-refractivity contribution in [3.63, 3.8) is 0 Å². The van der Waals surface area contributed by atoms with Crippen molar-refractivity contribution in [3.8, 4) is 6.07 Å². The van der Waals surface area contributed by atoms with Crippen molar-refractivity contribution >= 4 is 5.82 Å². The summed E-state index contributed by atoms with van der Waals surface area (Å²) < 4.78 is 0. The first-order chi connectivity index (χ1) is 10.3. The van der Waals surface area contributed by atoms with Crippen molar-refractivity contribution in [2.24, 2.45) is 0 Å². The molecule has 0 radical (unpaired) electrons. The molecule has 1 atom stereocenters. The van der Waals surface area contributed by atoms with Gasteiger partial charge in [-0.25, -0.2) is 9.97 Å². The lowest BCUT2D eigenvalue weighted by Gasteiger charge is -2.41. The number of nitrogens with zero attached hydrogens (tertiary/aromatic N) is 5. The number of rotatable bonds is 1. The fourth-order valence-electron chi connectivity index (χ4n) is 3.82. The van der Waals surface area contributed by atoms with Gasteiger partial charge in [0.1, 0.15) is 6.07 Å². The molecule has 1 N–H and O–H groups in total. The SMILES string of the molecule is N#Cc1nccnc1N1CCCC2(CCc3cn[nH]c32)C1. The number of H-pyrrole nitrogens is 1. The van der Waals surface area contributed by atoms with E-state index in [0.717, 1.165) is 32.4 Å². The van der Waals surface area contributed by atoms with Gasteiger partial charge in [0.15, 0.2) is 11.5 Å². The molecule has 6 nitrogen and oxygen atoms in total. The maximum atomic E-state index is 9.24. The molecule has 0 saturated carbocycles. The zero-order valence-corrected chi connectivity index (χ0v) is 11.7. The maximum Gasteiger partial charge on any atom is 0.183 e. The molecule has 4 rings (SSSR count). The molecule has 1 aliphatic carbocycles. The molecule has 0 amide bonds. The summed E-state index contributed by atoms with van der Waals surface area (Å²) in [5, 5.41) is 16.6. The predicted molar refractivity (Wildman–Crippen MR) is 76.8 cm³/mol. The highest BCUT2D eigenvalue weighted by molar-refractivity contribution is 5.51. The van der Waals surface area contributed by atoms with Crippen LogP contribution in [0.3, 0.4) is 0 Å². The number of aryl methyl sites for hydroxylation is 1. The average Bonchev–Trinajstić information content (AvgIpc) is 3.13. The summed E-state index contributed by atoms with van der Waals surface area (Å²) in [6.45, 7) is 1.81. The van der Waals surface area contributed by atoms with Crippen LogP contribution in [0.5, 0.6) is 0 Å². The quantitative estimate of drug-likeness (QED) is 0.857. The third-order valence-corrected chi connectivity index (χ3v) is 4.78. The Balaban J connectivity index is 1.70. The van der Waals surface area contributed by atoms with Crippen molar-refractivity contribution in [1.82, 2.24) is 20.2 Å². The summed E-state index contributed by atoms with van der Waals surface area (Å²) in [5.41, 5.74) is 3.18. The van der Waals surface area contributed by atoms with Crippen molar-refractivity contribution < 1.29 is 0 Å². The number of nitrogens with one attached hydrogen (secondary N) is 1. The van der Waals surface area contributed by atoms with E-state index in [0.29, 0.717) is 11.5 Å². The second-order valence-corrected chi connectivity index (χ2v) is 5.92. The monoisotopic (exact) mass is 280 g/mol. The Kier molecular flexibility index (Phi) is 2.67. The van der Waals surface area contributed by atoms with Gasteiger partial charge in [0.2, 0.25) is 0 Å². The minimum atomic E-state index is 0.133. The number of anilines is 1. The summed E-state index contributed by atoms with van der Waals surface area (Å²) in [4.78, 5) is 10.7. The summed E-state index contributed by atoms with van der Waals surface area (Å²) >= 11 is 0. The van der Waals surface area contributed by atoms with Crippen LogP contribution in [-0.2, 0) is 11.8 Å². The number of nitriles is 1. The molecule has 2 aliphatic rings. The van der Waals surface area contributed by atoms with Gasteiger partial charge >= 0.3 is 0 Å². The van der Waals surface area contributed by atoms with Crippen molar-refractivity contribution in [3.05, 3.63) is 35.5 Å². The van der Waals surface area contributed by atoms with E-state index < -0.39 is 0 Å². The summed E-state index contributed by atoms with van der Waals surface area (Å²) in [6.07, 6.45) is 9.69. The molecule has 1 spiro atoms. The van der Waals surface area contributed by atoms with E-state index in [-0.39, 0.29) is 5.41 Å². The van der Waals surface area contributed by atoms with E-state index in [4.69, 9.17) is 0 Å². The van der Waals surface area contributed by atoms with Gasteiger partial charge in [-0.3, -0.25) is 5.10 Å². The van der Waals surface area contributed by atoms with Gasteiger partial charge < -0.3 is 4.90 Å². The molecule has 21 heavy (non-hydrogen) atoms. The first-order valence-electron chi connectivity index (χ1n) is 7.31. The first-order valence-corrected chi connectivity index (χ1v) is 7.31. The van der Waals surface area contributed by atoms with Gasteiger partial charge in [0.05, 0.1) is 6.20 Å². The lowest BCUT2D eigenvalue weighted by Crippen LogP contribution is -2.46. The second-order valence-electron chi connectivity index (χ2n) is 5.92. The normalized spacial score (nSPS) is 24.0. The van der Waals surface area contributed by atoms with Crippen LogP contribution in [0.25, 0.3) is 0 Å². The smallest absolute Gasteiger partial charge is 0.183 e. The second kappa shape index (κ2) is 4.55. The first kappa shape index (κ1) is 12.3. The van der Waals surface area contributed by atoms with Crippen LogP contribution in [0.4, 0.5) is 5.82 Å². The number of piperidine rings is 1. The third kappa shape index (κ3) is 1.81. The Labute approximate surface area is 122 Å². The van der Waals surface area contributed by atoms with Gasteiger partial charge in [-0.15, -0.1) is 0 Å². The highest BCUT2D eigenvalue weighted by atomic mass is 15.2. The Bertz CT molecular complexity index is 715. The highest BCUT2D eigenvalue weighted by Crippen LogP contribution is 2.44. The topological polar surface area (TPSA) is 81.5 Å². The van der Waals surface area contributed by atoms with E-state index in [9.17, 15) is 5.26 Å². The Morgan fingerprint density at radius 2 is 2.19 bits per heavy atom. The maximum absolute atomic E-state index is 9.24. The number of hydrogen-bond acceptors (Lipinski definition) is 5.